The van der Waals surface area contributed by atoms with Crippen molar-refractivity contribution in [2.45, 2.75) is 11.9 Å². The van der Waals surface area contributed by atoms with Crippen LogP contribution in [-0.4, -0.2) is 33.6 Å². The minimum atomic E-state index is -0.479. The van der Waals surface area contributed by atoms with Gasteiger partial charge < -0.3 is 4.90 Å². The molecule has 1 saturated heterocycles. The van der Waals surface area contributed by atoms with E-state index in [4.69, 9.17) is 0 Å². The van der Waals surface area contributed by atoms with Gasteiger partial charge in [0.25, 0.3) is 11.6 Å². The highest BCUT2D eigenvalue weighted by Gasteiger charge is 2.32. The van der Waals surface area contributed by atoms with E-state index in [1.165, 1.54) is 18.3 Å². The molecule has 2 amide bonds. The summed E-state index contributed by atoms with van der Waals surface area (Å²) in [4.78, 5) is 36.9. The fraction of sp³-hybridized carbons (Fsp3) is 0.125. The first-order valence-corrected chi connectivity index (χ1v) is 11.2. The first kappa shape index (κ1) is 22.2. The molecule has 1 heterocycles. The summed E-state index contributed by atoms with van der Waals surface area (Å²) in [5, 5.41) is 14.5. The van der Waals surface area contributed by atoms with E-state index in [1.807, 2.05) is 47.4 Å². The van der Waals surface area contributed by atoms with Crippen LogP contribution < -0.4 is 5.43 Å². The van der Waals surface area contributed by atoms with E-state index in [9.17, 15) is 19.7 Å². The zero-order valence-corrected chi connectivity index (χ0v) is 18.3. The van der Waals surface area contributed by atoms with Gasteiger partial charge in [0.05, 0.1) is 16.9 Å². The minimum absolute atomic E-state index is 0.0132. The molecular formula is C24H20N4O4S. The van der Waals surface area contributed by atoms with Gasteiger partial charge >= 0.3 is 0 Å². The lowest BCUT2D eigenvalue weighted by Crippen LogP contribution is -2.27. The van der Waals surface area contributed by atoms with Crippen molar-refractivity contribution in [1.29, 1.82) is 0 Å². The fourth-order valence-corrected chi connectivity index (χ4v) is 4.58. The number of rotatable bonds is 7. The highest BCUT2D eigenvalue weighted by atomic mass is 32.2. The van der Waals surface area contributed by atoms with Crippen LogP contribution in [0.5, 0.6) is 0 Å². The number of hydrogen-bond acceptors (Lipinski definition) is 6. The predicted octanol–water partition coefficient (Wildman–Crippen LogP) is 4.13. The quantitative estimate of drug-likeness (QED) is 0.324. The molecule has 0 bridgehead atoms. The van der Waals surface area contributed by atoms with Crippen LogP contribution in [0.2, 0.25) is 0 Å². The lowest BCUT2D eigenvalue weighted by Gasteiger charge is -2.24. The van der Waals surface area contributed by atoms with Gasteiger partial charge in [0, 0.05) is 24.2 Å². The lowest BCUT2D eigenvalue weighted by molar-refractivity contribution is -0.384. The Hall–Kier alpha value is -3.98. The summed E-state index contributed by atoms with van der Waals surface area (Å²) >= 11 is 1.57. The van der Waals surface area contributed by atoms with Crippen LogP contribution in [0.3, 0.4) is 0 Å². The average molecular weight is 461 g/mol. The van der Waals surface area contributed by atoms with Gasteiger partial charge in [0.15, 0.2) is 0 Å². The van der Waals surface area contributed by atoms with Crippen molar-refractivity contribution < 1.29 is 14.5 Å². The standard InChI is InChI=1S/C24H20N4O4S/c29-22-16-33-24(27(22)15-18-4-2-1-3-5-18)20-10-8-19(9-11-20)23(30)26-25-14-17-6-12-21(13-7-17)28(31)32/h1-14,24H,15-16H2,(H,26,30)/b25-14-/t24-/m1/s1. The normalized spacial score (nSPS) is 15.7. The zero-order valence-electron chi connectivity index (χ0n) is 17.5. The van der Waals surface area contributed by atoms with E-state index in [0.29, 0.717) is 23.4 Å². The van der Waals surface area contributed by atoms with Gasteiger partial charge in [-0.1, -0.05) is 42.5 Å². The van der Waals surface area contributed by atoms with Crippen LogP contribution >= 0.6 is 11.8 Å². The summed E-state index contributed by atoms with van der Waals surface area (Å²) in [6, 6.07) is 22.8. The van der Waals surface area contributed by atoms with Crippen molar-refractivity contribution in [3.8, 4) is 0 Å². The molecule has 0 aromatic heterocycles. The third-order valence-corrected chi connectivity index (χ3v) is 6.36. The van der Waals surface area contributed by atoms with E-state index in [0.717, 1.165) is 11.1 Å². The van der Waals surface area contributed by atoms with Crippen molar-refractivity contribution in [3.63, 3.8) is 0 Å². The molecule has 0 unspecified atom stereocenters. The van der Waals surface area contributed by atoms with Crippen molar-refractivity contribution in [3.05, 3.63) is 111 Å². The molecule has 8 nitrogen and oxygen atoms in total. The Bertz CT molecular complexity index is 1180. The maximum atomic E-state index is 12.4. The number of nitrogens with one attached hydrogen (secondary N) is 1. The summed E-state index contributed by atoms with van der Waals surface area (Å²) in [7, 11) is 0. The fourth-order valence-electron chi connectivity index (χ4n) is 3.39. The van der Waals surface area contributed by atoms with Crippen molar-refractivity contribution in [2.24, 2.45) is 5.10 Å². The summed E-state index contributed by atoms with van der Waals surface area (Å²) in [6.45, 7) is 0.539. The Kier molecular flexibility index (Phi) is 6.80. The molecule has 1 aliphatic heterocycles. The summed E-state index contributed by atoms with van der Waals surface area (Å²) in [5.74, 6) is 0.143. The number of hydrogen-bond donors (Lipinski definition) is 1. The van der Waals surface area contributed by atoms with Crippen LogP contribution in [0.1, 0.15) is 32.4 Å². The molecule has 0 aliphatic carbocycles. The van der Waals surface area contributed by atoms with Gasteiger partial charge in [-0.15, -0.1) is 11.8 Å². The Balaban J connectivity index is 1.38. The molecule has 1 aliphatic rings. The average Bonchev–Trinajstić information content (AvgIpc) is 3.20. The number of carbonyl (C=O) groups excluding carboxylic acids is 2. The summed E-state index contributed by atoms with van der Waals surface area (Å²) in [6.07, 6.45) is 1.41. The van der Waals surface area contributed by atoms with Crippen LogP contribution in [0.15, 0.2) is 84.0 Å². The molecule has 1 atom stereocenters. The zero-order chi connectivity index (χ0) is 23.2. The largest absolute Gasteiger partial charge is 0.322 e. The van der Waals surface area contributed by atoms with Crippen LogP contribution in [0.4, 0.5) is 5.69 Å². The first-order chi connectivity index (χ1) is 16.0. The molecule has 0 spiro atoms. The first-order valence-electron chi connectivity index (χ1n) is 10.1. The Morgan fingerprint density at radius 1 is 1.09 bits per heavy atom. The Morgan fingerprint density at radius 3 is 2.45 bits per heavy atom. The maximum Gasteiger partial charge on any atom is 0.271 e. The SMILES string of the molecule is O=C(N/N=C\c1ccc([N+](=O)[O-])cc1)c1ccc([C@H]2SCC(=O)N2Cc2ccccc2)cc1. The second kappa shape index (κ2) is 10.1. The number of non-ortho nitro benzene ring substituents is 1. The minimum Gasteiger partial charge on any atom is -0.322 e. The van der Waals surface area contributed by atoms with Gasteiger partial charge in [-0.05, 0) is 41.0 Å². The molecule has 9 heteroatoms. The summed E-state index contributed by atoms with van der Waals surface area (Å²) in [5.41, 5.74) is 5.51. The molecule has 1 N–H and O–H groups in total. The van der Waals surface area contributed by atoms with Gasteiger partial charge in [-0.25, -0.2) is 5.43 Å². The second-order valence-electron chi connectivity index (χ2n) is 7.34. The van der Waals surface area contributed by atoms with Crippen molar-refractivity contribution in [1.82, 2.24) is 10.3 Å². The van der Waals surface area contributed by atoms with Crippen molar-refractivity contribution in [2.75, 3.05) is 5.75 Å². The molecular weight excluding hydrogens is 440 g/mol. The van der Waals surface area contributed by atoms with E-state index < -0.39 is 4.92 Å². The number of amides is 2. The summed E-state index contributed by atoms with van der Waals surface area (Å²) < 4.78 is 0. The lowest BCUT2D eigenvalue weighted by atomic mass is 10.1. The molecule has 166 valence electrons. The highest BCUT2D eigenvalue weighted by Crippen LogP contribution is 2.39. The third-order valence-electron chi connectivity index (χ3n) is 5.11. The monoisotopic (exact) mass is 460 g/mol. The second-order valence-corrected chi connectivity index (χ2v) is 8.41. The van der Waals surface area contributed by atoms with Crippen LogP contribution in [-0.2, 0) is 11.3 Å². The topological polar surface area (TPSA) is 105 Å². The van der Waals surface area contributed by atoms with Gasteiger partial charge in [-0.2, -0.15) is 5.10 Å². The number of hydrazone groups is 1. The Morgan fingerprint density at radius 2 is 1.79 bits per heavy atom. The van der Waals surface area contributed by atoms with E-state index >= 15 is 0 Å². The van der Waals surface area contributed by atoms with Gasteiger partial charge in [-0.3, -0.25) is 19.7 Å². The molecule has 0 radical (unpaired) electrons. The van der Waals surface area contributed by atoms with Crippen molar-refractivity contribution >= 4 is 35.5 Å². The number of nitro groups is 1. The predicted molar refractivity (Wildman–Crippen MR) is 127 cm³/mol. The number of nitrogens with zero attached hydrogens (tertiary/aromatic N) is 3. The Labute approximate surface area is 194 Å². The molecule has 3 aromatic carbocycles. The number of thioether (sulfide) groups is 1. The van der Waals surface area contributed by atoms with E-state index in [-0.39, 0.29) is 22.9 Å². The smallest absolute Gasteiger partial charge is 0.271 e. The van der Waals surface area contributed by atoms with E-state index in [1.54, 1.807) is 36.0 Å². The number of nitro benzene ring substituents is 1. The molecule has 4 rings (SSSR count). The van der Waals surface area contributed by atoms with Gasteiger partial charge in [0.2, 0.25) is 5.91 Å². The van der Waals surface area contributed by atoms with Crippen LogP contribution in [0.25, 0.3) is 0 Å². The molecule has 0 saturated carbocycles. The number of carbonyl (C=O) groups is 2. The van der Waals surface area contributed by atoms with E-state index in [2.05, 4.69) is 10.5 Å². The molecule has 1 fully saturated rings. The van der Waals surface area contributed by atoms with Gasteiger partial charge in [0.1, 0.15) is 5.37 Å². The molecule has 3 aromatic rings. The number of benzene rings is 3. The maximum absolute atomic E-state index is 12.4. The molecule has 33 heavy (non-hydrogen) atoms. The van der Waals surface area contributed by atoms with Crippen LogP contribution in [0, 0.1) is 10.1 Å². The highest BCUT2D eigenvalue weighted by molar-refractivity contribution is 8.00. The third kappa shape index (κ3) is 5.45.